The quantitative estimate of drug-likeness (QED) is 0.714. The molecule has 26 heavy (non-hydrogen) atoms. The Bertz CT molecular complexity index is 856. The van der Waals surface area contributed by atoms with Crippen molar-refractivity contribution in [1.82, 2.24) is 15.8 Å². The lowest BCUT2D eigenvalue weighted by Gasteiger charge is -2.22. The summed E-state index contributed by atoms with van der Waals surface area (Å²) in [5.41, 5.74) is 2.55. The number of rotatable bonds is 6. The van der Waals surface area contributed by atoms with Gasteiger partial charge in [-0.1, -0.05) is 35.5 Å². The number of benzene rings is 1. The highest BCUT2D eigenvalue weighted by Gasteiger charge is 2.28. The van der Waals surface area contributed by atoms with Gasteiger partial charge in [0.1, 0.15) is 11.5 Å². The zero-order chi connectivity index (χ0) is 17.8. The number of carbonyl (C=O) groups excluding carboxylic acids is 1. The van der Waals surface area contributed by atoms with Crippen molar-refractivity contribution in [3.8, 4) is 0 Å². The summed E-state index contributed by atoms with van der Waals surface area (Å²) in [5.74, 6) is 1.30. The minimum Gasteiger partial charge on any atom is -0.467 e. The molecular formula is C20H21N3O3. The molecule has 1 aliphatic rings. The van der Waals surface area contributed by atoms with Crippen molar-refractivity contribution in [2.24, 2.45) is 0 Å². The summed E-state index contributed by atoms with van der Waals surface area (Å²) in [5, 5.41) is 10.4. The summed E-state index contributed by atoms with van der Waals surface area (Å²) in [6.07, 6.45) is 4.10. The van der Waals surface area contributed by atoms with Crippen molar-refractivity contribution in [3.63, 3.8) is 0 Å². The second-order valence-corrected chi connectivity index (χ2v) is 6.50. The fourth-order valence-electron chi connectivity index (χ4n) is 3.28. The zero-order valence-electron chi connectivity index (χ0n) is 14.4. The van der Waals surface area contributed by atoms with Crippen LogP contribution in [0.5, 0.6) is 0 Å². The maximum Gasteiger partial charge on any atom is 0.274 e. The van der Waals surface area contributed by atoms with E-state index in [2.05, 4.69) is 27.9 Å². The van der Waals surface area contributed by atoms with Gasteiger partial charge in [-0.15, -0.1) is 0 Å². The molecule has 0 radical (unpaired) electrons. The molecule has 1 aliphatic carbocycles. The fourth-order valence-corrected chi connectivity index (χ4v) is 3.28. The van der Waals surface area contributed by atoms with Gasteiger partial charge in [0.05, 0.1) is 12.8 Å². The van der Waals surface area contributed by atoms with E-state index in [9.17, 15) is 4.79 Å². The van der Waals surface area contributed by atoms with E-state index in [-0.39, 0.29) is 5.91 Å². The number of amides is 1. The van der Waals surface area contributed by atoms with E-state index in [4.69, 9.17) is 8.94 Å². The number of aromatic nitrogens is 1. The van der Waals surface area contributed by atoms with Crippen LogP contribution in [0.3, 0.4) is 0 Å². The van der Waals surface area contributed by atoms with Crippen molar-refractivity contribution in [1.29, 1.82) is 0 Å². The van der Waals surface area contributed by atoms with E-state index in [1.165, 1.54) is 5.56 Å². The fraction of sp³-hybridized carbons (Fsp3) is 0.300. The van der Waals surface area contributed by atoms with Crippen molar-refractivity contribution in [2.75, 3.05) is 0 Å². The summed E-state index contributed by atoms with van der Waals surface area (Å²) < 4.78 is 10.6. The molecule has 1 unspecified atom stereocenters. The van der Waals surface area contributed by atoms with Crippen molar-refractivity contribution in [3.05, 3.63) is 77.1 Å². The molecule has 134 valence electrons. The first-order chi connectivity index (χ1) is 12.8. The Balaban J connectivity index is 1.38. The number of nitrogens with zero attached hydrogens (tertiary/aromatic N) is 1. The van der Waals surface area contributed by atoms with Gasteiger partial charge in [-0.2, -0.15) is 0 Å². The Morgan fingerprint density at radius 1 is 1.15 bits per heavy atom. The van der Waals surface area contributed by atoms with E-state index in [0.717, 1.165) is 37.1 Å². The van der Waals surface area contributed by atoms with Crippen LogP contribution >= 0.6 is 0 Å². The zero-order valence-corrected chi connectivity index (χ0v) is 14.4. The first kappa shape index (κ1) is 16.6. The Kier molecular flexibility index (Phi) is 4.84. The van der Waals surface area contributed by atoms with Gasteiger partial charge in [-0.3, -0.25) is 4.79 Å². The molecular weight excluding hydrogens is 330 g/mol. The molecule has 1 amide bonds. The molecule has 0 spiro atoms. The second-order valence-electron chi connectivity index (χ2n) is 6.50. The van der Waals surface area contributed by atoms with Crippen LogP contribution in [0.1, 0.15) is 39.6 Å². The maximum atomic E-state index is 12.5. The summed E-state index contributed by atoms with van der Waals surface area (Å²) in [4.78, 5) is 12.5. The molecule has 0 fully saturated rings. The van der Waals surface area contributed by atoms with Crippen LogP contribution < -0.4 is 10.6 Å². The molecule has 2 N–H and O–H groups in total. The first-order valence-electron chi connectivity index (χ1n) is 8.85. The van der Waals surface area contributed by atoms with Gasteiger partial charge in [0.15, 0.2) is 5.69 Å². The third kappa shape index (κ3) is 3.70. The summed E-state index contributed by atoms with van der Waals surface area (Å²) in [6.45, 7) is 1.15. The van der Waals surface area contributed by atoms with Crippen molar-refractivity contribution in [2.45, 2.75) is 38.4 Å². The van der Waals surface area contributed by atoms with Crippen LogP contribution in [0.2, 0.25) is 0 Å². The molecule has 1 atom stereocenters. The molecule has 0 aliphatic heterocycles. The topological polar surface area (TPSA) is 80.3 Å². The summed E-state index contributed by atoms with van der Waals surface area (Å²) >= 11 is 0. The lowest BCUT2D eigenvalue weighted by molar-refractivity contribution is 0.0938. The van der Waals surface area contributed by atoms with E-state index in [1.807, 2.05) is 24.3 Å². The van der Waals surface area contributed by atoms with Gasteiger partial charge in [-0.05, 0) is 30.5 Å². The SMILES string of the molecule is O=C(NCc1ccco1)c1noc2c1CC(NCc1ccccc1)CC2. The van der Waals surface area contributed by atoms with Gasteiger partial charge < -0.3 is 19.6 Å². The van der Waals surface area contributed by atoms with E-state index >= 15 is 0 Å². The normalized spacial score (nSPS) is 16.2. The molecule has 3 aromatic rings. The van der Waals surface area contributed by atoms with E-state index < -0.39 is 0 Å². The highest BCUT2D eigenvalue weighted by Crippen LogP contribution is 2.25. The average molecular weight is 351 g/mol. The molecule has 0 bridgehead atoms. The van der Waals surface area contributed by atoms with Crippen LogP contribution in [-0.4, -0.2) is 17.1 Å². The van der Waals surface area contributed by atoms with Gasteiger partial charge in [0.25, 0.3) is 5.91 Å². The molecule has 0 saturated carbocycles. The molecule has 2 heterocycles. The number of nitrogens with one attached hydrogen (secondary N) is 2. The highest BCUT2D eigenvalue weighted by atomic mass is 16.5. The lowest BCUT2D eigenvalue weighted by atomic mass is 9.91. The van der Waals surface area contributed by atoms with Crippen LogP contribution in [0.4, 0.5) is 0 Å². The number of hydrogen-bond acceptors (Lipinski definition) is 5. The molecule has 4 rings (SSSR count). The number of hydrogen-bond donors (Lipinski definition) is 2. The third-order valence-corrected chi connectivity index (χ3v) is 4.70. The highest BCUT2D eigenvalue weighted by molar-refractivity contribution is 5.93. The number of furan rings is 1. The Labute approximate surface area is 151 Å². The average Bonchev–Trinajstić information content (AvgIpc) is 3.34. The Hall–Kier alpha value is -2.86. The predicted octanol–water partition coefficient (Wildman–Crippen LogP) is 2.84. The lowest BCUT2D eigenvalue weighted by Crippen LogP contribution is -2.35. The molecule has 2 aromatic heterocycles. The number of carbonyl (C=O) groups is 1. The second kappa shape index (κ2) is 7.58. The standard InChI is InChI=1S/C20H21N3O3/c24-20(22-13-16-7-4-10-25-16)19-17-11-15(8-9-18(17)26-23-19)21-12-14-5-2-1-3-6-14/h1-7,10,15,21H,8-9,11-13H2,(H,22,24). The molecule has 1 aromatic carbocycles. The van der Waals surface area contributed by atoms with Gasteiger partial charge in [-0.25, -0.2) is 0 Å². The molecule has 6 heteroatoms. The monoisotopic (exact) mass is 351 g/mol. The van der Waals surface area contributed by atoms with Crippen LogP contribution in [-0.2, 0) is 25.9 Å². The Morgan fingerprint density at radius 2 is 2.04 bits per heavy atom. The predicted molar refractivity (Wildman–Crippen MR) is 95.5 cm³/mol. The largest absolute Gasteiger partial charge is 0.467 e. The van der Waals surface area contributed by atoms with Gasteiger partial charge in [0.2, 0.25) is 0 Å². The summed E-state index contributed by atoms with van der Waals surface area (Å²) in [7, 11) is 0. The van der Waals surface area contributed by atoms with Crippen molar-refractivity contribution < 1.29 is 13.7 Å². The van der Waals surface area contributed by atoms with E-state index in [1.54, 1.807) is 12.3 Å². The first-order valence-corrected chi connectivity index (χ1v) is 8.85. The van der Waals surface area contributed by atoms with E-state index in [0.29, 0.717) is 24.0 Å². The van der Waals surface area contributed by atoms with Crippen LogP contribution in [0.25, 0.3) is 0 Å². The Morgan fingerprint density at radius 3 is 2.85 bits per heavy atom. The van der Waals surface area contributed by atoms with Gasteiger partial charge in [0, 0.05) is 24.6 Å². The third-order valence-electron chi connectivity index (χ3n) is 4.70. The molecule has 0 saturated heterocycles. The van der Waals surface area contributed by atoms with Crippen molar-refractivity contribution >= 4 is 5.91 Å². The smallest absolute Gasteiger partial charge is 0.274 e. The minimum absolute atomic E-state index is 0.227. The van der Waals surface area contributed by atoms with Crippen LogP contribution in [0, 0.1) is 0 Å². The molecule has 6 nitrogen and oxygen atoms in total. The number of aryl methyl sites for hydroxylation is 1. The van der Waals surface area contributed by atoms with Gasteiger partial charge >= 0.3 is 0 Å². The summed E-state index contributed by atoms with van der Waals surface area (Å²) in [6, 6.07) is 14.2. The van der Waals surface area contributed by atoms with Crippen LogP contribution in [0.15, 0.2) is 57.7 Å². The number of fused-ring (bicyclic) bond motifs is 1. The minimum atomic E-state index is -0.227. The maximum absolute atomic E-state index is 12.5.